The molecule has 6 nitrogen and oxygen atoms in total. The van der Waals surface area contributed by atoms with Gasteiger partial charge in [0.25, 0.3) is 5.91 Å². The van der Waals surface area contributed by atoms with E-state index < -0.39 is 0 Å². The molecule has 1 aliphatic heterocycles. The average Bonchev–Trinajstić information content (AvgIpc) is 2.77. The highest BCUT2D eigenvalue weighted by Crippen LogP contribution is 2.36. The van der Waals surface area contributed by atoms with Crippen LogP contribution in [0.2, 0.25) is 5.02 Å². The summed E-state index contributed by atoms with van der Waals surface area (Å²) in [7, 11) is 1.90. The van der Waals surface area contributed by atoms with Gasteiger partial charge >= 0.3 is 0 Å². The van der Waals surface area contributed by atoms with Crippen molar-refractivity contribution in [2.24, 2.45) is 7.05 Å². The molecule has 1 amide bonds. The maximum absolute atomic E-state index is 11.3. The van der Waals surface area contributed by atoms with Gasteiger partial charge in [-0.1, -0.05) is 11.6 Å². The summed E-state index contributed by atoms with van der Waals surface area (Å²) in [5, 5.41) is 10.7. The lowest BCUT2D eigenvalue weighted by Gasteiger charge is -2.20. The molecular formula is C14H15ClN4O2. The van der Waals surface area contributed by atoms with Gasteiger partial charge in [-0.3, -0.25) is 9.48 Å². The number of benzene rings is 1. The highest BCUT2D eigenvalue weighted by Gasteiger charge is 2.18. The van der Waals surface area contributed by atoms with Crippen molar-refractivity contribution in [3.8, 4) is 5.75 Å². The number of aryl methyl sites for hydroxylation is 1. The van der Waals surface area contributed by atoms with Crippen LogP contribution >= 0.6 is 11.6 Å². The van der Waals surface area contributed by atoms with Crippen molar-refractivity contribution in [3.63, 3.8) is 0 Å². The molecule has 0 radical (unpaired) electrons. The van der Waals surface area contributed by atoms with Gasteiger partial charge in [0.15, 0.2) is 6.61 Å². The topological polar surface area (TPSA) is 68.2 Å². The number of anilines is 2. The Kier molecular flexibility index (Phi) is 3.47. The standard InChI is InChI=1S/C14H15ClN4O2/c1-8-9(6-17-19(8)2)5-16-11-4-13-12(3-10(11)15)18-14(20)7-21-13/h3-4,6,16H,5,7H2,1-2H3,(H,18,20). The molecule has 0 spiro atoms. The maximum Gasteiger partial charge on any atom is 0.262 e. The molecule has 2 N–H and O–H groups in total. The van der Waals surface area contributed by atoms with E-state index in [0.717, 1.165) is 16.9 Å². The molecular weight excluding hydrogens is 292 g/mol. The van der Waals surface area contributed by atoms with Crippen LogP contribution in [-0.2, 0) is 18.4 Å². The first-order valence-corrected chi connectivity index (χ1v) is 6.90. The van der Waals surface area contributed by atoms with Crippen LogP contribution in [-0.4, -0.2) is 22.3 Å². The third-order valence-electron chi connectivity index (χ3n) is 3.51. The minimum atomic E-state index is -0.176. The molecule has 0 unspecified atom stereocenters. The Morgan fingerprint density at radius 3 is 3.05 bits per heavy atom. The quantitative estimate of drug-likeness (QED) is 0.913. The van der Waals surface area contributed by atoms with Gasteiger partial charge in [0.05, 0.1) is 22.6 Å². The van der Waals surface area contributed by atoms with E-state index in [2.05, 4.69) is 15.7 Å². The number of nitrogens with zero attached hydrogens (tertiary/aromatic N) is 2. The lowest BCUT2D eigenvalue weighted by molar-refractivity contribution is -0.118. The predicted molar refractivity (Wildman–Crippen MR) is 80.8 cm³/mol. The average molecular weight is 307 g/mol. The number of hydrogen-bond donors (Lipinski definition) is 2. The molecule has 0 saturated heterocycles. The number of ether oxygens (including phenoxy) is 1. The Morgan fingerprint density at radius 1 is 1.52 bits per heavy atom. The summed E-state index contributed by atoms with van der Waals surface area (Å²) in [5.41, 5.74) is 3.55. The number of aromatic nitrogens is 2. The van der Waals surface area contributed by atoms with Crippen LogP contribution in [0.15, 0.2) is 18.3 Å². The molecule has 0 atom stereocenters. The van der Waals surface area contributed by atoms with Crippen LogP contribution < -0.4 is 15.4 Å². The summed E-state index contributed by atoms with van der Waals surface area (Å²) in [5.74, 6) is 0.440. The molecule has 0 fully saturated rings. The van der Waals surface area contributed by atoms with E-state index in [9.17, 15) is 4.79 Å². The molecule has 1 aromatic carbocycles. The van der Waals surface area contributed by atoms with Crippen LogP contribution in [0, 0.1) is 6.92 Å². The van der Waals surface area contributed by atoms with Crippen LogP contribution in [0.1, 0.15) is 11.3 Å². The maximum atomic E-state index is 11.3. The number of fused-ring (bicyclic) bond motifs is 1. The Hall–Kier alpha value is -2.21. The van der Waals surface area contributed by atoms with Crippen molar-refractivity contribution in [1.82, 2.24) is 9.78 Å². The van der Waals surface area contributed by atoms with Crippen molar-refractivity contribution in [2.75, 3.05) is 17.2 Å². The monoisotopic (exact) mass is 306 g/mol. The van der Waals surface area contributed by atoms with Crippen LogP contribution in [0.4, 0.5) is 11.4 Å². The number of carbonyl (C=O) groups is 1. The fourth-order valence-corrected chi connectivity index (χ4v) is 2.37. The van der Waals surface area contributed by atoms with E-state index in [1.54, 1.807) is 12.1 Å². The molecule has 0 bridgehead atoms. The summed E-state index contributed by atoms with van der Waals surface area (Å²) in [4.78, 5) is 11.3. The first-order chi connectivity index (χ1) is 10.0. The second kappa shape index (κ2) is 5.29. The van der Waals surface area contributed by atoms with Gasteiger partial charge in [0.2, 0.25) is 0 Å². The molecule has 3 rings (SSSR count). The number of rotatable bonds is 3. The SMILES string of the molecule is Cc1c(CNc2cc3c(cc2Cl)NC(=O)CO3)cnn1C. The Bertz CT molecular complexity index is 711. The van der Waals surface area contributed by atoms with Gasteiger partial charge in [0.1, 0.15) is 5.75 Å². The fraction of sp³-hybridized carbons (Fsp3) is 0.286. The molecule has 0 saturated carbocycles. The molecule has 1 aliphatic rings. The minimum absolute atomic E-state index is 0.0236. The third kappa shape index (κ3) is 2.67. The molecule has 110 valence electrons. The van der Waals surface area contributed by atoms with Crippen molar-refractivity contribution in [2.45, 2.75) is 13.5 Å². The lowest BCUT2D eigenvalue weighted by atomic mass is 10.2. The first-order valence-electron chi connectivity index (χ1n) is 6.52. The number of carbonyl (C=O) groups excluding carboxylic acids is 1. The summed E-state index contributed by atoms with van der Waals surface area (Å²) in [6.45, 7) is 2.65. The third-order valence-corrected chi connectivity index (χ3v) is 3.82. The molecule has 2 heterocycles. The number of amides is 1. The minimum Gasteiger partial charge on any atom is -0.482 e. The van der Waals surface area contributed by atoms with Gasteiger partial charge in [0, 0.05) is 30.9 Å². The zero-order chi connectivity index (χ0) is 15.0. The Labute approximate surface area is 127 Å². The van der Waals surface area contributed by atoms with Crippen molar-refractivity contribution in [3.05, 3.63) is 34.6 Å². The lowest BCUT2D eigenvalue weighted by Crippen LogP contribution is -2.25. The highest BCUT2D eigenvalue weighted by atomic mass is 35.5. The van der Waals surface area contributed by atoms with Gasteiger partial charge in [-0.2, -0.15) is 5.10 Å². The largest absolute Gasteiger partial charge is 0.482 e. The van der Waals surface area contributed by atoms with E-state index in [4.69, 9.17) is 16.3 Å². The molecule has 21 heavy (non-hydrogen) atoms. The van der Waals surface area contributed by atoms with Crippen molar-refractivity contribution in [1.29, 1.82) is 0 Å². The van der Waals surface area contributed by atoms with E-state index in [0.29, 0.717) is 23.0 Å². The van der Waals surface area contributed by atoms with Gasteiger partial charge in [-0.25, -0.2) is 0 Å². The van der Waals surface area contributed by atoms with E-state index in [-0.39, 0.29) is 12.5 Å². The summed E-state index contributed by atoms with van der Waals surface area (Å²) in [6.07, 6.45) is 1.82. The van der Waals surface area contributed by atoms with Crippen LogP contribution in [0.3, 0.4) is 0 Å². The number of hydrogen-bond acceptors (Lipinski definition) is 4. The first kappa shape index (κ1) is 13.8. The smallest absolute Gasteiger partial charge is 0.262 e. The Balaban J connectivity index is 1.80. The van der Waals surface area contributed by atoms with E-state index >= 15 is 0 Å². The van der Waals surface area contributed by atoms with E-state index in [1.807, 2.05) is 24.9 Å². The van der Waals surface area contributed by atoms with Gasteiger partial charge in [-0.15, -0.1) is 0 Å². The number of nitrogens with one attached hydrogen (secondary N) is 2. The molecule has 7 heteroatoms. The fourth-order valence-electron chi connectivity index (χ4n) is 2.14. The summed E-state index contributed by atoms with van der Waals surface area (Å²) >= 11 is 6.23. The zero-order valence-corrected chi connectivity index (χ0v) is 12.5. The molecule has 1 aromatic heterocycles. The van der Waals surface area contributed by atoms with Crippen LogP contribution in [0.25, 0.3) is 0 Å². The highest BCUT2D eigenvalue weighted by molar-refractivity contribution is 6.33. The zero-order valence-electron chi connectivity index (χ0n) is 11.7. The van der Waals surface area contributed by atoms with Gasteiger partial charge < -0.3 is 15.4 Å². The second-order valence-electron chi connectivity index (χ2n) is 4.90. The molecule has 0 aliphatic carbocycles. The van der Waals surface area contributed by atoms with Crippen LogP contribution in [0.5, 0.6) is 5.75 Å². The van der Waals surface area contributed by atoms with Crippen molar-refractivity contribution < 1.29 is 9.53 Å². The number of halogens is 1. The van der Waals surface area contributed by atoms with E-state index in [1.165, 1.54) is 0 Å². The normalized spacial score (nSPS) is 13.4. The molecule has 2 aromatic rings. The van der Waals surface area contributed by atoms with Crippen molar-refractivity contribution >= 4 is 28.9 Å². The summed E-state index contributed by atoms with van der Waals surface area (Å²) in [6, 6.07) is 3.48. The van der Waals surface area contributed by atoms with Gasteiger partial charge in [-0.05, 0) is 13.0 Å². The Morgan fingerprint density at radius 2 is 2.33 bits per heavy atom. The summed E-state index contributed by atoms with van der Waals surface area (Å²) < 4.78 is 7.21. The second-order valence-corrected chi connectivity index (χ2v) is 5.30. The predicted octanol–water partition coefficient (Wildman–Crippen LogP) is 2.32.